The van der Waals surface area contributed by atoms with Gasteiger partial charge >= 0.3 is 30.4 Å². The summed E-state index contributed by atoms with van der Waals surface area (Å²) in [7, 11) is 0. The highest BCUT2D eigenvalue weighted by Crippen LogP contribution is 2.44. The predicted octanol–water partition coefficient (Wildman–Crippen LogP) is -1.55. The highest BCUT2D eigenvalue weighted by molar-refractivity contribution is 5.87. The first-order chi connectivity index (χ1) is 17.1. The fourth-order valence-electron chi connectivity index (χ4n) is 3.50. The van der Waals surface area contributed by atoms with Crippen LogP contribution in [0.4, 0.5) is 31.1 Å². The molecule has 0 aromatic carbocycles. The number of hydrogen-bond acceptors (Lipinski definition) is 12. The zero-order valence-electron chi connectivity index (χ0n) is 19.5. The van der Waals surface area contributed by atoms with Crippen molar-refractivity contribution in [3.63, 3.8) is 0 Å². The van der Waals surface area contributed by atoms with Crippen molar-refractivity contribution in [2.24, 2.45) is 21.5 Å². The first-order valence-corrected chi connectivity index (χ1v) is 10.3. The van der Waals surface area contributed by atoms with Gasteiger partial charge in [0.15, 0.2) is 17.6 Å². The van der Waals surface area contributed by atoms with Crippen LogP contribution in [-0.2, 0) is 14.3 Å². The number of hydrogen-bond donors (Lipinski definition) is 8. The highest BCUT2D eigenvalue weighted by Gasteiger charge is 2.69. The highest BCUT2D eigenvalue weighted by atomic mass is 19.4. The quantitative estimate of drug-likeness (QED) is 0.142. The number of alkyl carbamates (subject to hydrolysis) is 1. The topological polar surface area (TPSA) is 245 Å². The number of carbonyl (C=O) groups excluding carboxylic acids is 1. The molecule has 218 valence electrons. The third kappa shape index (κ3) is 7.40. The number of rotatable bonds is 3. The molecule has 0 aliphatic carbocycles. The van der Waals surface area contributed by atoms with Crippen LogP contribution in [0.5, 0.6) is 0 Å². The summed E-state index contributed by atoms with van der Waals surface area (Å²) in [6, 6.07) is -1.52. The number of carboxylic acids is 2. The average molecular weight is 569 g/mol. The number of carboxylic acid groups (broad SMARTS) is 2. The van der Waals surface area contributed by atoms with E-state index in [0.717, 1.165) is 0 Å². The Hall–Kier alpha value is -3.75. The maximum atomic E-state index is 11.7. The minimum absolute atomic E-state index is 0.0525. The smallest absolute Gasteiger partial charge is 0.475 e. The van der Waals surface area contributed by atoms with Crippen LogP contribution in [0.15, 0.2) is 9.98 Å². The van der Waals surface area contributed by atoms with Crippen LogP contribution in [0.2, 0.25) is 0 Å². The Bertz CT molecular complexity index is 947. The summed E-state index contributed by atoms with van der Waals surface area (Å²) in [5.74, 6) is -7.45. The lowest BCUT2D eigenvalue weighted by molar-refractivity contribution is -0.221. The summed E-state index contributed by atoms with van der Waals surface area (Å²) < 4.78 is 68.6. The number of alkyl halides is 6. The second-order valence-corrected chi connectivity index (χ2v) is 8.13. The Kier molecular flexibility index (Phi) is 9.62. The fraction of sp³-hybridized carbons (Fsp3) is 0.706. The number of nitrogens with one attached hydrogen (secondary N) is 2. The van der Waals surface area contributed by atoms with Gasteiger partial charge in [0.05, 0.1) is 0 Å². The Morgan fingerprint density at radius 3 is 2.00 bits per heavy atom. The van der Waals surface area contributed by atoms with Crippen molar-refractivity contribution in [1.82, 2.24) is 15.5 Å². The van der Waals surface area contributed by atoms with Gasteiger partial charge in [-0.3, -0.25) is 0 Å². The lowest BCUT2D eigenvalue weighted by Gasteiger charge is -2.48. The molecule has 3 aliphatic heterocycles. The minimum Gasteiger partial charge on any atom is -0.475 e. The molecule has 3 heterocycles. The van der Waals surface area contributed by atoms with E-state index in [1.54, 1.807) is 18.7 Å². The zero-order valence-corrected chi connectivity index (χ0v) is 19.5. The van der Waals surface area contributed by atoms with E-state index in [9.17, 15) is 41.4 Å². The van der Waals surface area contributed by atoms with E-state index in [1.165, 1.54) is 0 Å². The standard InChI is InChI=1S/C13H23N7O4.2C2HF3O2/c1-6(2)16-11(21)24-5-7-8-13(19-9(14)18-8)12(22,23)3-4-20(13)10(15)17-7;2*3-2(4,5)1(6)7/h6-8,22-23H,3-5H2,1-2H3,(H2,15,17)(H,16,21)(H3,14,18,19);2*(H,6,7)/t7-,8-,13-;;/m0../s1. The van der Waals surface area contributed by atoms with Crippen molar-refractivity contribution in [3.05, 3.63) is 0 Å². The monoisotopic (exact) mass is 569 g/mol. The molecule has 10 N–H and O–H groups in total. The molecule has 3 aliphatic rings. The fourth-order valence-corrected chi connectivity index (χ4v) is 3.50. The van der Waals surface area contributed by atoms with Gasteiger partial charge in [-0.1, -0.05) is 0 Å². The second kappa shape index (κ2) is 11.3. The third-order valence-electron chi connectivity index (χ3n) is 4.96. The molecular formula is C17H25F6N7O8. The van der Waals surface area contributed by atoms with Gasteiger partial charge in [-0.15, -0.1) is 0 Å². The normalized spacial score (nSPS) is 25.2. The Morgan fingerprint density at radius 1 is 1.11 bits per heavy atom. The maximum Gasteiger partial charge on any atom is 0.490 e. The van der Waals surface area contributed by atoms with Gasteiger partial charge in [0.25, 0.3) is 0 Å². The van der Waals surface area contributed by atoms with E-state index in [0.29, 0.717) is 0 Å². The number of aliphatic hydroxyl groups is 2. The molecule has 0 aromatic heterocycles. The van der Waals surface area contributed by atoms with Crippen LogP contribution in [0.1, 0.15) is 20.3 Å². The number of halogens is 6. The molecule has 1 saturated heterocycles. The SMILES string of the molecule is CC(C)NC(=O)OC[C@@H]1N=C(N)N2CCC(O)(O)[C@@]23NC(N)=N[C@@H]13.O=C(O)C(F)(F)F.O=C(O)C(F)(F)F. The lowest BCUT2D eigenvalue weighted by Crippen LogP contribution is -2.76. The van der Waals surface area contributed by atoms with Gasteiger partial charge in [0.1, 0.15) is 18.7 Å². The van der Waals surface area contributed by atoms with Crippen molar-refractivity contribution < 1.29 is 65.9 Å². The van der Waals surface area contributed by atoms with Crippen molar-refractivity contribution in [2.75, 3.05) is 13.2 Å². The van der Waals surface area contributed by atoms with Gasteiger partial charge in [-0.25, -0.2) is 24.4 Å². The molecule has 0 saturated carbocycles. The van der Waals surface area contributed by atoms with Crippen molar-refractivity contribution in [3.8, 4) is 0 Å². The van der Waals surface area contributed by atoms with E-state index in [4.69, 9.17) is 36.0 Å². The molecule has 0 aromatic rings. The summed E-state index contributed by atoms with van der Waals surface area (Å²) in [5, 5.41) is 40.7. The number of guanidine groups is 2. The number of nitrogens with two attached hydrogens (primary N) is 2. The van der Waals surface area contributed by atoms with Gasteiger partial charge < -0.3 is 52.2 Å². The minimum atomic E-state index is -5.08. The molecule has 21 heteroatoms. The van der Waals surface area contributed by atoms with Crippen molar-refractivity contribution >= 4 is 30.0 Å². The van der Waals surface area contributed by atoms with Crippen LogP contribution in [-0.4, -0.2) is 110 Å². The predicted molar refractivity (Wildman–Crippen MR) is 112 cm³/mol. The molecular weight excluding hydrogens is 544 g/mol. The van der Waals surface area contributed by atoms with E-state index in [1.807, 2.05) is 0 Å². The van der Waals surface area contributed by atoms with Crippen LogP contribution in [0.25, 0.3) is 0 Å². The largest absolute Gasteiger partial charge is 0.490 e. The summed E-state index contributed by atoms with van der Waals surface area (Å²) in [6.07, 6.45) is -10.7. The molecule has 1 amide bonds. The first-order valence-electron chi connectivity index (χ1n) is 10.3. The summed E-state index contributed by atoms with van der Waals surface area (Å²) in [5.41, 5.74) is 10.3. The summed E-state index contributed by atoms with van der Waals surface area (Å²) in [4.78, 5) is 39.6. The van der Waals surface area contributed by atoms with Gasteiger partial charge in [0, 0.05) is 19.0 Å². The van der Waals surface area contributed by atoms with E-state index >= 15 is 0 Å². The molecule has 3 rings (SSSR count). The van der Waals surface area contributed by atoms with Gasteiger partial charge in [-0.05, 0) is 13.8 Å². The molecule has 1 fully saturated rings. The van der Waals surface area contributed by atoms with Crippen molar-refractivity contribution in [1.29, 1.82) is 0 Å². The van der Waals surface area contributed by atoms with E-state index < -0.39 is 53.9 Å². The lowest BCUT2D eigenvalue weighted by atomic mass is 9.87. The zero-order chi connectivity index (χ0) is 29.9. The third-order valence-corrected chi connectivity index (χ3v) is 4.96. The molecule has 3 atom stereocenters. The molecule has 0 bridgehead atoms. The second-order valence-electron chi connectivity index (χ2n) is 8.13. The number of amides is 1. The van der Waals surface area contributed by atoms with Gasteiger partial charge in [0.2, 0.25) is 5.79 Å². The average Bonchev–Trinajstić information content (AvgIpc) is 3.21. The molecule has 38 heavy (non-hydrogen) atoms. The number of ether oxygens (including phenoxy) is 1. The number of carbonyl (C=O) groups is 3. The maximum absolute atomic E-state index is 11.7. The molecule has 0 radical (unpaired) electrons. The number of nitrogens with zero attached hydrogens (tertiary/aromatic N) is 3. The van der Waals surface area contributed by atoms with Gasteiger partial charge in [-0.2, -0.15) is 26.3 Å². The molecule has 0 unspecified atom stereocenters. The molecule has 15 nitrogen and oxygen atoms in total. The van der Waals surface area contributed by atoms with Crippen molar-refractivity contribution in [2.45, 2.75) is 62.2 Å². The van der Waals surface area contributed by atoms with Crippen LogP contribution >= 0.6 is 0 Å². The summed E-state index contributed by atoms with van der Waals surface area (Å²) in [6.45, 7) is 3.78. The summed E-state index contributed by atoms with van der Waals surface area (Å²) >= 11 is 0. The van der Waals surface area contributed by atoms with Crippen LogP contribution in [0.3, 0.4) is 0 Å². The van der Waals surface area contributed by atoms with E-state index in [2.05, 4.69) is 20.6 Å². The molecule has 1 spiro atoms. The first kappa shape index (κ1) is 32.3. The Labute approximate surface area is 209 Å². The number of aliphatic imine (C=N–C) groups is 2. The number of aliphatic carboxylic acids is 2. The van der Waals surface area contributed by atoms with Crippen LogP contribution in [0, 0.1) is 0 Å². The Balaban J connectivity index is 0.000000426. The van der Waals surface area contributed by atoms with Crippen LogP contribution < -0.4 is 22.1 Å². The Morgan fingerprint density at radius 2 is 1.58 bits per heavy atom. The van der Waals surface area contributed by atoms with E-state index in [-0.39, 0.29) is 37.5 Å².